The normalized spacial score (nSPS) is 15.8. The van der Waals surface area contributed by atoms with E-state index in [-0.39, 0.29) is 23.0 Å². The molecule has 140 valence electrons. The third kappa shape index (κ3) is 3.96. The third-order valence-electron chi connectivity index (χ3n) is 4.34. The number of nitrogens with zero attached hydrogens (tertiary/aromatic N) is 2. The molecule has 1 aromatic carbocycles. The lowest BCUT2D eigenvalue weighted by atomic mass is 10.2. The number of nitrogens with one attached hydrogen (secondary N) is 1. The molecule has 0 saturated carbocycles. The van der Waals surface area contributed by atoms with Gasteiger partial charge in [0.2, 0.25) is 10.0 Å². The van der Waals surface area contributed by atoms with Crippen LogP contribution in [0, 0.1) is 6.92 Å². The molecule has 9 heteroatoms. The number of carbonyl (C=O) groups excluding carboxylic acids is 1. The first-order chi connectivity index (χ1) is 12.4. The van der Waals surface area contributed by atoms with E-state index >= 15 is 0 Å². The topological polar surface area (TPSA) is 105 Å². The van der Waals surface area contributed by atoms with E-state index in [4.69, 9.17) is 5.73 Å². The molecule has 1 aliphatic heterocycles. The number of thiazole rings is 1. The minimum absolute atomic E-state index is 0.234. The van der Waals surface area contributed by atoms with Crippen molar-refractivity contribution >= 4 is 33.0 Å². The van der Waals surface area contributed by atoms with Gasteiger partial charge in [-0.05, 0) is 37.5 Å². The Kier molecular flexibility index (Phi) is 5.71. The first-order valence-corrected chi connectivity index (χ1v) is 10.8. The van der Waals surface area contributed by atoms with Crippen LogP contribution in [0.15, 0.2) is 28.5 Å². The van der Waals surface area contributed by atoms with Crippen molar-refractivity contribution < 1.29 is 13.2 Å². The predicted octanol–water partition coefficient (Wildman–Crippen LogP) is 2.34. The first-order valence-electron chi connectivity index (χ1n) is 8.48. The number of aromatic nitrogens is 1. The standard InChI is InChI=1S/C17H22N4O3S2/c1-12-5-6-13(19-17(22)14-11-25-16(10-18)20-14)9-15(12)26(23,24)21-7-3-2-4-8-21/h5-6,9,11H,2-4,7-8,10,18H2,1H3,(H,19,22). The molecule has 26 heavy (non-hydrogen) atoms. The van der Waals surface area contributed by atoms with Gasteiger partial charge in [-0.15, -0.1) is 11.3 Å². The number of anilines is 1. The Bertz CT molecular complexity index is 902. The Balaban J connectivity index is 1.84. The maximum atomic E-state index is 12.9. The maximum Gasteiger partial charge on any atom is 0.275 e. The Morgan fingerprint density at radius 2 is 2.04 bits per heavy atom. The number of sulfonamides is 1. The number of hydrogen-bond donors (Lipinski definition) is 2. The number of aryl methyl sites for hydroxylation is 1. The largest absolute Gasteiger partial charge is 0.325 e. The van der Waals surface area contributed by atoms with Gasteiger partial charge in [0, 0.05) is 30.7 Å². The van der Waals surface area contributed by atoms with Crippen molar-refractivity contribution in [2.24, 2.45) is 5.73 Å². The van der Waals surface area contributed by atoms with Crippen LogP contribution in [0.4, 0.5) is 5.69 Å². The van der Waals surface area contributed by atoms with Crippen LogP contribution < -0.4 is 11.1 Å². The van der Waals surface area contributed by atoms with Gasteiger partial charge in [-0.2, -0.15) is 4.31 Å². The van der Waals surface area contributed by atoms with Crippen LogP contribution >= 0.6 is 11.3 Å². The van der Waals surface area contributed by atoms with Crippen molar-refractivity contribution in [1.29, 1.82) is 0 Å². The van der Waals surface area contributed by atoms with Crippen LogP contribution in [-0.4, -0.2) is 36.7 Å². The first kappa shape index (κ1) is 19.0. The number of hydrogen-bond acceptors (Lipinski definition) is 6. The molecular weight excluding hydrogens is 372 g/mol. The number of amides is 1. The second-order valence-corrected chi connectivity index (χ2v) is 9.08. The number of benzene rings is 1. The second-order valence-electron chi connectivity index (χ2n) is 6.23. The molecule has 2 aromatic rings. The Hall–Kier alpha value is -1.81. The molecule has 2 heterocycles. The summed E-state index contributed by atoms with van der Waals surface area (Å²) in [5, 5.41) is 5.03. The highest BCUT2D eigenvalue weighted by atomic mass is 32.2. The summed E-state index contributed by atoms with van der Waals surface area (Å²) in [7, 11) is -3.56. The lowest BCUT2D eigenvalue weighted by Gasteiger charge is -2.26. The minimum atomic E-state index is -3.56. The van der Waals surface area contributed by atoms with Gasteiger partial charge in [0.1, 0.15) is 10.7 Å². The molecule has 1 amide bonds. The fourth-order valence-electron chi connectivity index (χ4n) is 2.90. The van der Waals surface area contributed by atoms with Gasteiger partial charge < -0.3 is 11.1 Å². The summed E-state index contributed by atoms with van der Waals surface area (Å²) >= 11 is 1.32. The molecule has 7 nitrogen and oxygen atoms in total. The Morgan fingerprint density at radius 3 is 2.69 bits per heavy atom. The van der Waals surface area contributed by atoms with Crippen molar-refractivity contribution in [3.8, 4) is 0 Å². The van der Waals surface area contributed by atoms with Gasteiger partial charge in [0.25, 0.3) is 5.91 Å². The zero-order valence-corrected chi connectivity index (χ0v) is 16.2. The molecule has 1 fully saturated rings. The second kappa shape index (κ2) is 7.83. The van der Waals surface area contributed by atoms with Crippen molar-refractivity contribution in [2.45, 2.75) is 37.6 Å². The summed E-state index contributed by atoms with van der Waals surface area (Å²) in [5.41, 5.74) is 6.88. The zero-order valence-electron chi connectivity index (χ0n) is 14.6. The molecule has 3 N–H and O–H groups in total. The van der Waals surface area contributed by atoms with Crippen molar-refractivity contribution in [2.75, 3.05) is 18.4 Å². The monoisotopic (exact) mass is 394 g/mol. The van der Waals surface area contributed by atoms with Gasteiger partial charge in [0.15, 0.2) is 0 Å². The summed E-state index contributed by atoms with van der Waals surface area (Å²) in [4.78, 5) is 16.7. The fraction of sp³-hybridized carbons (Fsp3) is 0.412. The molecule has 0 aliphatic carbocycles. The van der Waals surface area contributed by atoms with Gasteiger partial charge in [-0.25, -0.2) is 13.4 Å². The van der Waals surface area contributed by atoms with Crippen LogP contribution in [0.5, 0.6) is 0 Å². The van der Waals surface area contributed by atoms with Crippen molar-refractivity contribution in [1.82, 2.24) is 9.29 Å². The molecule has 0 atom stereocenters. The van der Waals surface area contributed by atoms with Gasteiger partial charge in [-0.3, -0.25) is 4.79 Å². The highest BCUT2D eigenvalue weighted by Gasteiger charge is 2.27. The molecule has 0 bridgehead atoms. The summed E-state index contributed by atoms with van der Waals surface area (Å²) in [5.74, 6) is -0.383. The summed E-state index contributed by atoms with van der Waals surface area (Å²) in [6.07, 6.45) is 2.81. The van der Waals surface area contributed by atoms with E-state index in [1.54, 1.807) is 24.4 Å². The molecule has 1 aromatic heterocycles. The van der Waals surface area contributed by atoms with E-state index in [1.165, 1.54) is 21.7 Å². The third-order valence-corrected chi connectivity index (χ3v) is 7.25. The number of rotatable bonds is 5. The molecule has 1 aliphatic rings. The van der Waals surface area contributed by atoms with Crippen LogP contribution in [0.3, 0.4) is 0 Å². The number of carbonyl (C=O) groups is 1. The zero-order chi connectivity index (χ0) is 18.7. The average molecular weight is 395 g/mol. The average Bonchev–Trinajstić information content (AvgIpc) is 3.13. The molecule has 0 radical (unpaired) electrons. The highest BCUT2D eigenvalue weighted by molar-refractivity contribution is 7.89. The predicted molar refractivity (Wildman–Crippen MR) is 102 cm³/mol. The molecule has 3 rings (SSSR count). The molecular formula is C17H22N4O3S2. The molecule has 0 spiro atoms. The summed E-state index contributed by atoms with van der Waals surface area (Å²) in [6, 6.07) is 4.92. The van der Waals surface area contributed by atoms with Gasteiger partial charge in [0.05, 0.1) is 4.90 Å². The quantitative estimate of drug-likeness (QED) is 0.810. The highest BCUT2D eigenvalue weighted by Crippen LogP contribution is 2.26. The SMILES string of the molecule is Cc1ccc(NC(=O)c2csc(CN)n2)cc1S(=O)(=O)N1CCCCC1. The van der Waals surface area contributed by atoms with Crippen LogP contribution in [-0.2, 0) is 16.6 Å². The molecule has 0 unspecified atom stereocenters. The summed E-state index contributed by atoms with van der Waals surface area (Å²) < 4.78 is 27.4. The van der Waals surface area contributed by atoms with E-state index < -0.39 is 10.0 Å². The Morgan fingerprint density at radius 1 is 1.31 bits per heavy atom. The summed E-state index contributed by atoms with van der Waals surface area (Å²) in [6.45, 7) is 3.12. The number of piperidine rings is 1. The minimum Gasteiger partial charge on any atom is -0.325 e. The Labute approximate surface area is 157 Å². The van der Waals surface area contributed by atoms with Crippen molar-refractivity contribution in [3.05, 3.63) is 39.8 Å². The van der Waals surface area contributed by atoms with Crippen molar-refractivity contribution in [3.63, 3.8) is 0 Å². The van der Waals surface area contributed by atoms with E-state index in [0.29, 0.717) is 29.3 Å². The van der Waals surface area contributed by atoms with Crippen LogP contribution in [0.25, 0.3) is 0 Å². The van der Waals surface area contributed by atoms with Crippen LogP contribution in [0.2, 0.25) is 0 Å². The van der Waals surface area contributed by atoms with Gasteiger partial charge >= 0.3 is 0 Å². The number of nitrogens with two attached hydrogens (primary N) is 1. The van der Waals surface area contributed by atoms with Crippen LogP contribution in [0.1, 0.15) is 40.3 Å². The smallest absolute Gasteiger partial charge is 0.275 e. The molecule has 1 saturated heterocycles. The van der Waals surface area contributed by atoms with Gasteiger partial charge in [-0.1, -0.05) is 12.5 Å². The lowest BCUT2D eigenvalue weighted by molar-refractivity contribution is 0.102. The van der Waals surface area contributed by atoms with E-state index in [9.17, 15) is 13.2 Å². The fourth-order valence-corrected chi connectivity index (χ4v) is 5.33. The lowest BCUT2D eigenvalue weighted by Crippen LogP contribution is -2.36. The van der Waals surface area contributed by atoms with E-state index in [1.807, 2.05) is 0 Å². The van der Waals surface area contributed by atoms with E-state index in [0.717, 1.165) is 19.3 Å². The van der Waals surface area contributed by atoms with E-state index in [2.05, 4.69) is 10.3 Å². The maximum absolute atomic E-state index is 12.9.